The molecule has 1 aromatic carbocycles. The van der Waals surface area contributed by atoms with Gasteiger partial charge in [0.1, 0.15) is 6.04 Å². The number of benzene rings is 1. The van der Waals surface area contributed by atoms with E-state index in [1.54, 1.807) is 12.1 Å². The molecular weight excluding hydrogens is 303 g/mol. The van der Waals surface area contributed by atoms with Crippen molar-refractivity contribution in [2.45, 2.75) is 12.5 Å². The zero-order valence-corrected chi connectivity index (χ0v) is 11.5. The molecule has 0 aliphatic heterocycles. The monoisotopic (exact) mass is 310 g/mol. The van der Waals surface area contributed by atoms with Crippen LogP contribution in [0.2, 0.25) is 10.0 Å². The summed E-state index contributed by atoms with van der Waals surface area (Å²) < 4.78 is 1.36. The number of halogens is 2. The average Bonchev–Trinajstić information content (AvgIpc) is 2.99. The molecule has 0 radical (unpaired) electrons. The highest BCUT2D eigenvalue weighted by Crippen LogP contribution is 2.38. The van der Waals surface area contributed by atoms with Gasteiger partial charge in [0.25, 0.3) is 0 Å². The number of imidazole rings is 1. The van der Waals surface area contributed by atoms with Gasteiger partial charge in [0.05, 0.1) is 10.0 Å². The maximum absolute atomic E-state index is 12.5. The van der Waals surface area contributed by atoms with E-state index >= 15 is 0 Å². The quantitative estimate of drug-likeness (QED) is 0.925. The van der Waals surface area contributed by atoms with Crippen molar-refractivity contribution >= 4 is 35.0 Å². The summed E-state index contributed by atoms with van der Waals surface area (Å²) in [6.07, 6.45) is 3.21. The number of aromatic nitrogens is 2. The van der Waals surface area contributed by atoms with Gasteiger partial charge in [0, 0.05) is 24.4 Å². The van der Waals surface area contributed by atoms with E-state index in [4.69, 9.17) is 28.3 Å². The Morgan fingerprint density at radius 3 is 2.85 bits per heavy atom. The molecule has 1 atom stereocenters. The van der Waals surface area contributed by atoms with Crippen LogP contribution in [0.25, 0.3) is 0 Å². The molecule has 0 fully saturated rings. The number of carbonyl (C=O) groups is 2. The number of carbonyl (C=O) groups excluding carboxylic acids is 1. The van der Waals surface area contributed by atoms with E-state index in [1.165, 1.54) is 17.0 Å². The first-order valence-electron chi connectivity index (χ1n) is 5.78. The normalized spacial score (nSPS) is 17.3. The Morgan fingerprint density at radius 2 is 2.15 bits per heavy atom. The van der Waals surface area contributed by atoms with E-state index in [0.29, 0.717) is 17.0 Å². The third-order valence-corrected chi connectivity index (χ3v) is 4.14. The number of fused-ring (bicyclic) bond motifs is 1. The summed E-state index contributed by atoms with van der Waals surface area (Å²) in [4.78, 5) is 27.3. The Bertz CT molecular complexity index is 739. The van der Waals surface area contributed by atoms with Crippen LogP contribution in [-0.2, 0) is 6.42 Å². The Morgan fingerprint density at radius 1 is 1.40 bits per heavy atom. The van der Waals surface area contributed by atoms with Crippen LogP contribution >= 0.6 is 23.2 Å². The van der Waals surface area contributed by atoms with Crippen LogP contribution in [-0.4, -0.2) is 26.4 Å². The van der Waals surface area contributed by atoms with Crippen molar-refractivity contribution in [3.8, 4) is 0 Å². The highest BCUT2D eigenvalue weighted by molar-refractivity contribution is 6.44. The summed E-state index contributed by atoms with van der Waals surface area (Å²) in [6.45, 7) is 0. The maximum Gasteiger partial charge on any atom is 0.372 e. The average molecular weight is 311 g/mol. The van der Waals surface area contributed by atoms with Gasteiger partial charge in [-0.2, -0.15) is 0 Å². The summed E-state index contributed by atoms with van der Waals surface area (Å²) >= 11 is 12.0. The van der Waals surface area contributed by atoms with E-state index in [2.05, 4.69) is 4.98 Å². The number of Topliss-reactive ketones (excluding diaryl/α,β-unsaturated/α-hetero) is 1. The first kappa shape index (κ1) is 13.1. The second-order valence-corrected chi connectivity index (χ2v) is 5.23. The Labute approximate surface area is 123 Å². The topological polar surface area (TPSA) is 72.2 Å². The second-order valence-electron chi connectivity index (χ2n) is 4.44. The Balaban J connectivity index is 2.09. The fourth-order valence-corrected chi connectivity index (χ4v) is 2.88. The zero-order chi connectivity index (χ0) is 14.4. The van der Waals surface area contributed by atoms with E-state index in [1.807, 2.05) is 0 Å². The molecule has 1 unspecified atom stereocenters. The summed E-state index contributed by atoms with van der Waals surface area (Å²) in [5.74, 6) is -1.59. The second kappa shape index (κ2) is 4.61. The standard InChI is InChI=1S/C13H8Cl2N2O3/c14-7-2-1-6-5-8(11(18)9(6)10(7)15)17-4-3-16-12(17)13(19)20/h1-4,8H,5H2,(H,19,20). The third kappa shape index (κ3) is 1.82. The fraction of sp³-hybridized carbons (Fsp3) is 0.154. The molecular formula is C13H8Cl2N2O3. The van der Waals surface area contributed by atoms with Gasteiger partial charge < -0.3 is 9.67 Å². The molecule has 1 N–H and O–H groups in total. The van der Waals surface area contributed by atoms with Crippen LogP contribution < -0.4 is 0 Å². The molecule has 20 heavy (non-hydrogen) atoms. The molecule has 0 bridgehead atoms. The van der Waals surface area contributed by atoms with Crippen LogP contribution in [0.15, 0.2) is 24.5 Å². The Hall–Kier alpha value is -1.85. The van der Waals surface area contributed by atoms with Crippen molar-refractivity contribution in [2.24, 2.45) is 0 Å². The van der Waals surface area contributed by atoms with Gasteiger partial charge in [-0.15, -0.1) is 0 Å². The Kier molecular flexibility index (Phi) is 3.03. The lowest BCUT2D eigenvalue weighted by molar-refractivity contribution is 0.0675. The molecule has 1 heterocycles. The minimum Gasteiger partial charge on any atom is -0.475 e. The van der Waals surface area contributed by atoms with E-state index in [0.717, 1.165) is 5.56 Å². The van der Waals surface area contributed by atoms with Crippen LogP contribution in [0.3, 0.4) is 0 Å². The lowest BCUT2D eigenvalue weighted by atomic mass is 10.1. The summed E-state index contributed by atoms with van der Waals surface area (Å²) in [5, 5.41) is 9.60. The number of carboxylic acid groups (broad SMARTS) is 1. The molecule has 3 rings (SSSR count). The van der Waals surface area contributed by atoms with Crippen LogP contribution in [0.4, 0.5) is 0 Å². The SMILES string of the molecule is O=C(O)c1nccn1C1Cc2ccc(Cl)c(Cl)c2C1=O. The number of aromatic carboxylic acids is 1. The molecule has 0 saturated carbocycles. The van der Waals surface area contributed by atoms with Crippen molar-refractivity contribution in [3.63, 3.8) is 0 Å². The molecule has 0 spiro atoms. The highest BCUT2D eigenvalue weighted by atomic mass is 35.5. The molecule has 0 saturated heterocycles. The molecule has 5 nitrogen and oxygen atoms in total. The lowest BCUT2D eigenvalue weighted by Gasteiger charge is -2.11. The molecule has 7 heteroatoms. The minimum atomic E-state index is -1.18. The summed E-state index contributed by atoms with van der Waals surface area (Å²) in [6, 6.07) is 2.72. The third-order valence-electron chi connectivity index (χ3n) is 3.34. The molecule has 102 valence electrons. The maximum atomic E-state index is 12.5. The number of hydrogen-bond donors (Lipinski definition) is 1. The number of ketones is 1. The van der Waals surface area contributed by atoms with E-state index in [9.17, 15) is 9.59 Å². The predicted octanol–water partition coefficient (Wildman–Crippen LogP) is 2.87. The van der Waals surface area contributed by atoms with Crippen LogP contribution in [0.1, 0.15) is 32.6 Å². The van der Waals surface area contributed by atoms with Gasteiger partial charge in [-0.25, -0.2) is 9.78 Å². The molecule has 1 aliphatic rings. The number of rotatable bonds is 2. The van der Waals surface area contributed by atoms with Gasteiger partial charge in [0.15, 0.2) is 5.78 Å². The van der Waals surface area contributed by atoms with Crippen molar-refractivity contribution in [2.75, 3.05) is 0 Å². The minimum absolute atomic E-state index is 0.168. The van der Waals surface area contributed by atoms with Crippen molar-refractivity contribution in [1.29, 1.82) is 0 Å². The smallest absolute Gasteiger partial charge is 0.372 e. The fourth-order valence-electron chi connectivity index (χ4n) is 2.45. The first-order chi connectivity index (χ1) is 9.50. The molecule has 1 aromatic heterocycles. The van der Waals surface area contributed by atoms with Gasteiger partial charge in [-0.05, 0) is 11.6 Å². The van der Waals surface area contributed by atoms with Gasteiger partial charge in [-0.3, -0.25) is 4.79 Å². The zero-order valence-electron chi connectivity index (χ0n) is 10.0. The molecule has 2 aromatic rings. The molecule has 1 aliphatic carbocycles. The largest absolute Gasteiger partial charge is 0.475 e. The van der Waals surface area contributed by atoms with Gasteiger partial charge >= 0.3 is 5.97 Å². The first-order valence-corrected chi connectivity index (χ1v) is 6.53. The van der Waals surface area contributed by atoms with Gasteiger partial charge in [-0.1, -0.05) is 29.3 Å². The molecule has 0 amide bonds. The summed E-state index contributed by atoms with van der Waals surface area (Å²) in [7, 11) is 0. The van der Waals surface area contributed by atoms with Crippen molar-refractivity contribution in [1.82, 2.24) is 9.55 Å². The van der Waals surface area contributed by atoms with E-state index in [-0.39, 0.29) is 16.6 Å². The number of hydrogen-bond acceptors (Lipinski definition) is 3. The van der Waals surface area contributed by atoms with Crippen molar-refractivity contribution < 1.29 is 14.7 Å². The van der Waals surface area contributed by atoms with E-state index < -0.39 is 12.0 Å². The summed E-state index contributed by atoms with van der Waals surface area (Å²) in [5.41, 5.74) is 1.13. The lowest BCUT2D eigenvalue weighted by Crippen LogP contribution is -2.20. The number of nitrogens with zero attached hydrogens (tertiary/aromatic N) is 2. The predicted molar refractivity (Wildman–Crippen MR) is 72.7 cm³/mol. The van der Waals surface area contributed by atoms with Crippen LogP contribution in [0, 0.1) is 0 Å². The van der Waals surface area contributed by atoms with Crippen LogP contribution in [0.5, 0.6) is 0 Å². The van der Waals surface area contributed by atoms with Crippen molar-refractivity contribution in [3.05, 3.63) is 51.5 Å². The number of carboxylic acids is 1. The highest BCUT2D eigenvalue weighted by Gasteiger charge is 2.36. The van der Waals surface area contributed by atoms with Gasteiger partial charge in [0.2, 0.25) is 5.82 Å².